The van der Waals surface area contributed by atoms with Crippen molar-refractivity contribution in [3.8, 4) is 5.75 Å². The third-order valence-corrected chi connectivity index (χ3v) is 4.79. The normalized spacial score (nSPS) is 17.5. The number of carbonyl (C=O) groups is 1. The fourth-order valence-electron chi connectivity index (χ4n) is 2.95. The molecule has 1 aliphatic heterocycles. The molecule has 6 nitrogen and oxygen atoms in total. The Bertz CT molecular complexity index is 766. The van der Waals surface area contributed by atoms with Gasteiger partial charge in [-0.25, -0.2) is 4.98 Å². The zero-order valence-electron chi connectivity index (χ0n) is 15.4. The van der Waals surface area contributed by atoms with Gasteiger partial charge in [-0.15, -0.1) is 0 Å². The van der Waals surface area contributed by atoms with Crippen LogP contribution in [-0.2, 0) is 9.53 Å². The highest BCUT2D eigenvalue weighted by Crippen LogP contribution is 2.28. The first-order chi connectivity index (χ1) is 13.2. The summed E-state index contributed by atoms with van der Waals surface area (Å²) < 4.78 is 11.1. The molecular weight excluding hydrogens is 366 g/mol. The van der Waals surface area contributed by atoms with Gasteiger partial charge in [0, 0.05) is 19.0 Å². The van der Waals surface area contributed by atoms with Crippen LogP contribution in [0, 0.1) is 5.92 Å². The third-order valence-electron chi connectivity index (χ3n) is 4.50. The zero-order chi connectivity index (χ0) is 19.1. The summed E-state index contributed by atoms with van der Waals surface area (Å²) in [6, 6.07) is 7.14. The summed E-state index contributed by atoms with van der Waals surface area (Å²) in [6.45, 7) is 3.82. The van der Waals surface area contributed by atoms with Crippen LogP contribution in [0.4, 0.5) is 0 Å². The van der Waals surface area contributed by atoms with Crippen LogP contribution in [0.3, 0.4) is 0 Å². The molecule has 1 N–H and O–H groups in total. The predicted octanol–water partition coefficient (Wildman–Crippen LogP) is 3.55. The molecule has 1 fully saturated rings. The molecule has 3 rings (SSSR count). The van der Waals surface area contributed by atoms with Gasteiger partial charge in [-0.05, 0) is 30.5 Å². The lowest BCUT2D eigenvalue weighted by Gasteiger charge is -2.21. The molecule has 2 heterocycles. The summed E-state index contributed by atoms with van der Waals surface area (Å²) in [6.07, 6.45) is 5.87. The quantitative estimate of drug-likeness (QED) is 0.699. The number of hydrogen-bond acceptors (Lipinski definition) is 5. The van der Waals surface area contributed by atoms with Crippen molar-refractivity contribution in [3.05, 3.63) is 53.1 Å². The van der Waals surface area contributed by atoms with Crippen molar-refractivity contribution >= 4 is 17.5 Å². The molecule has 2 aromatic rings. The van der Waals surface area contributed by atoms with Gasteiger partial charge in [-0.3, -0.25) is 9.78 Å². The molecule has 2 unspecified atom stereocenters. The summed E-state index contributed by atoms with van der Waals surface area (Å²) in [5, 5.41) is 3.33. The first kappa shape index (κ1) is 19.6. The molecule has 0 aliphatic carbocycles. The molecule has 1 aromatic heterocycles. The van der Waals surface area contributed by atoms with Crippen LogP contribution in [0.2, 0.25) is 5.15 Å². The molecule has 0 radical (unpaired) electrons. The second-order valence-corrected chi connectivity index (χ2v) is 6.87. The van der Waals surface area contributed by atoms with Crippen LogP contribution < -0.4 is 10.1 Å². The Morgan fingerprint density at radius 1 is 1.41 bits per heavy atom. The van der Waals surface area contributed by atoms with Crippen LogP contribution in [0.15, 0.2) is 36.7 Å². The highest BCUT2D eigenvalue weighted by molar-refractivity contribution is 6.30. The van der Waals surface area contributed by atoms with Gasteiger partial charge in [0.05, 0.1) is 25.2 Å². The van der Waals surface area contributed by atoms with E-state index in [1.165, 1.54) is 6.20 Å². The van der Waals surface area contributed by atoms with Crippen LogP contribution in [-0.4, -0.2) is 35.7 Å². The summed E-state index contributed by atoms with van der Waals surface area (Å²) in [5.41, 5.74) is 1.36. The van der Waals surface area contributed by atoms with E-state index < -0.39 is 6.04 Å². The minimum Gasteiger partial charge on any atom is -0.494 e. The van der Waals surface area contributed by atoms with Crippen molar-refractivity contribution in [2.45, 2.75) is 32.2 Å². The van der Waals surface area contributed by atoms with Gasteiger partial charge >= 0.3 is 0 Å². The molecule has 1 aliphatic rings. The van der Waals surface area contributed by atoms with E-state index in [1.54, 1.807) is 6.20 Å². The predicted molar refractivity (Wildman–Crippen MR) is 103 cm³/mol. The lowest BCUT2D eigenvalue weighted by molar-refractivity contribution is -0.125. The summed E-state index contributed by atoms with van der Waals surface area (Å²) >= 11 is 6.27. The zero-order valence-corrected chi connectivity index (χ0v) is 16.1. The van der Waals surface area contributed by atoms with Crippen LogP contribution in [0.1, 0.15) is 43.5 Å². The lowest BCUT2D eigenvalue weighted by Crippen LogP contribution is -2.35. The maximum absolute atomic E-state index is 12.7. The Labute approximate surface area is 164 Å². The number of aromatic nitrogens is 2. The van der Waals surface area contributed by atoms with E-state index in [0.29, 0.717) is 31.9 Å². The van der Waals surface area contributed by atoms with Gasteiger partial charge in [0.1, 0.15) is 11.4 Å². The summed E-state index contributed by atoms with van der Waals surface area (Å²) in [4.78, 5) is 21.2. The van der Waals surface area contributed by atoms with Crippen molar-refractivity contribution in [3.63, 3.8) is 0 Å². The number of halogens is 1. The number of nitrogens with zero attached hydrogens (tertiary/aromatic N) is 2. The number of ether oxygens (including phenoxy) is 2. The van der Waals surface area contributed by atoms with Gasteiger partial charge in [0.2, 0.25) is 5.91 Å². The SMILES string of the molecule is CCCCOc1cccc(C(NC(=O)C2CCOC2)c2nccnc2Cl)c1. The average Bonchev–Trinajstić information content (AvgIpc) is 3.22. The first-order valence-electron chi connectivity index (χ1n) is 9.26. The molecule has 144 valence electrons. The number of nitrogens with one attached hydrogen (secondary N) is 1. The molecule has 2 atom stereocenters. The number of unbranched alkanes of at least 4 members (excludes halogenated alkanes) is 1. The Hall–Kier alpha value is -2.18. The van der Waals surface area contributed by atoms with Crippen molar-refractivity contribution in [1.29, 1.82) is 0 Å². The Balaban J connectivity index is 1.86. The van der Waals surface area contributed by atoms with E-state index in [-0.39, 0.29) is 17.0 Å². The topological polar surface area (TPSA) is 73.3 Å². The molecule has 0 saturated carbocycles. The van der Waals surface area contributed by atoms with Crippen LogP contribution in [0.25, 0.3) is 0 Å². The van der Waals surface area contributed by atoms with Crippen LogP contribution >= 0.6 is 11.6 Å². The van der Waals surface area contributed by atoms with Crippen molar-refractivity contribution < 1.29 is 14.3 Å². The second kappa shape index (κ2) is 9.67. The van der Waals surface area contributed by atoms with Crippen LogP contribution in [0.5, 0.6) is 5.75 Å². The average molecular weight is 390 g/mol. The Kier molecular flexibility index (Phi) is 7.01. The van der Waals surface area contributed by atoms with E-state index in [9.17, 15) is 4.79 Å². The standard InChI is InChI=1S/C20H24ClN3O3/c1-2-3-10-27-16-6-4-5-14(12-16)17(18-19(21)23-9-8-22-18)24-20(25)15-7-11-26-13-15/h4-6,8-9,12,15,17H,2-3,7,10-11,13H2,1H3,(H,24,25). The number of amides is 1. The Morgan fingerprint density at radius 2 is 2.26 bits per heavy atom. The van der Waals surface area contributed by atoms with Crippen molar-refractivity contribution in [1.82, 2.24) is 15.3 Å². The van der Waals surface area contributed by atoms with Gasteiger partial charge in [-0.2, -0.15) is 0 Å². The molecule has 1 saturated heterocycles. The fraction of sp³-hybridized carbons (Fsp3) is 0.450. The molecule has 27 heavy (non-hydrogen) atoms. The number of carbonyl (C=O) groups excluding carboxylic acids is 1. The van der Waals surface area contributed by atoms with Gasteiger partial charge in [0.25, 0.3) is 0 Å². The highest BCUT2D eigenvalue weighted by atomic mass is 35.5. The molecule has 1 amide bonds. The maximum atomic E-state index is 12.7. The minimum atomic E-state index is -0.506. The molecular formula is C20H24ClN3O3. The van der Waals surface area contributed by atoms with Gasteiger partial charge in [0.15, 0.2) is 5.15 Å². The van der Waals surface area contributed by atoms with E-state index >= 15 is 0 Å². The molecule has 0 bridgehead atoms. The van der Waals surface area contributed by atoms with E-state index in [2.05, 4.69) is 22.2 Å². The molecule has 1 aromatic carbocycles. The Morgan fingerprint density at radius 3 is 3.00 bits per heavy atom. The largest absolute Gasteiger partial charge is 0.494 e. The van der Waals surface area contributed by atoms with E-state index in [1.807, 2.05) is 24.3 Å². The second-order valence-electron chi connectivity index (χ2n) is 6.51. The number of hydrogen-bond donors (Lipinski definition) is 1. The van der Waals surface area contributed by atoms with Crippen molar-refractivity contribution in [2.24, 2.45) is 5.92 Å². The number of rotatable bonds is 8. The van der Waals surface area contributed by atoms with Gasteiger partial charge < -0.3 is 14.8 Å². The van der Waals surface area contributed by atoms with E-state index in [0.717, 1.165) is 24.2 Å². The van der Waals surface area contributed by atoms with Crippen molar-refractivity contribution in [2.75, 3.05) is 19.8 Å². The summed E-state index contributed by atoms with van der Waals surface area (Å²) in [5.74, 6) is 0.521. The van der Waals surface area contributed by atoms with E-state index in [4.69, 9.17) is 21.1 Å². The smallest absolute Gasteiger partial charge is 0.226 e. The minimum absolute atomic E-state index is 0.0727. The lowest BCUT2D eigenvalue weighted by atomic mass is 10.0. The molecule has 7 heteroatoms. The fourth-order valence-corrected chi connectivity index (χ4v) is 3.17. The monoisotopic (exact) mass is 389 g/mol. The molecule has 0 spiro atoms. The third kappa shape index (κ3) is 5.17. The number of benzene rings is 1. The first-order valence-corrected chi connectivity index (χ1v) is 9.64. The summed E-state index contributed by atoms with van der Waals surface area (Å²) in [7, 11) is 0. The maximum Gasteiger partial charge on any atom is 0.226 e. The highest BCUT2D eigenvalue weighted by Gasteiger charge is 2.28. The van der Waals surface area contributed by atoms with Gasteiger partial charge in [-0.1, -0.05) is 37.1 Å².